The third-order valence-electron chi connectivity index (χ3n) is 4.89. The molecule has 1 aliphatic rings. The lowest BCUT2D eigenvalue weighted by Gasteiger charge is -2.17. The number of nitrogens with one attached hydrogen (secondary N) is 2. The van der Waals surface area contributed by atoms with E-state index in [1.807, 2.05) is 42.0 Å². The maximum absolute atomic E-state index is 12.3. The van der Waals surface area contributed by atoms with Gasteiger partial charge in [-0.05, 0) is 37.3 Å². The van der Waals surface area contributed by atoms with Crippen LogP contribution in [0.25, 0.3) is 5.69 Å². The van der Waals surface area contributed by atoms with Crippen LogP contribution in [0.4, 0.5) is 16.6 Å². The summed E-state index contributed by atoms with van der Waals surface area (Å²) in [5.74, 6) is 0.558. The number of hydrogen-bond donors (Lipinski definition) is 3. The summed E-state index contributed by atoms with van der Waals surface area (Å²) < 4.78 is 1.89. The molecular weight excluding hydrogens is 422 g/mol. The van der Waals surface area contributed by atoms with Gasteiger partial charge in [-0.1, -0.05) is 11.6 Å². The van der Waals surface area contributed by atoms with Crippen LogP contribution in [-0.2, 0) is 4.79 Å². The van der Waals surface area contributed by atoms with E-state index < -0.39 is 12.1 Å². The third-order valence-corrected chi connectivity index (χ3v) is 5.14. The normalized spacial score (nSPS) is 16.9. The van der Waals surface area contributed by atoms with Crippen molar-refractivity contribution in [2.45, 2.75) is 25.4 Å². The highest BCUT2D eigenvalue weighted by molar-refractivity contribution is 6.30. The van der Waals surface area contributed by atoms with Crippen molar-refractivity contribution in [3.8, 4) is 5.69 Å². The zero-order chi connectivity index (χ0) is 22.0. The number of nitrogens with zero attached hydrogens (tertiary/aromatic N) is 5. The van der Waals surface area contributed by atoms with Gasteiger partial charge in [-0.3, -0.25) is 9.69 Å². The summed E-state index contributed by atoms with van der Waals surface area (Å²) in [6.07, 6.45) is 4.10. The van der Waals surface area contributed by atoms with E-state index in [1.54, 1.807) is 18.6 Å². The Morgan fingerprint density at radius 1 is 1.26 bits per heavy atom. The van der Waals surface area contributed by atoms with E-state index >= 15 is 0 Å². The minimum Gasteiger partial charge on any atom is -0.465 e. The zero-order valence-electron chi connectivity index (χ0n) is 16.6. The average molecular weight is 442 g/mol. The zero-order valence-corrected chi connectivity index (χ0v) is 17.3. The molecule has 3 aromatic rings. The van der Waals surface area contributed by atoms with E-state index in [4.69, 9.17) is 16.7 Å². The number of aromatic nitrogens is 4. The predicted molar refractivity (Wildman–Crippen MR) is 115 cm³/mol. The SMILES string of the molecule is C[C@H](Nc1nccc(N2C[C@@H](NC(=O)O)CC2=O)n1)c1cn(-c2ccc(Cl)cc2)cn1. The van der Waals surface area contributed by atoms with Gasteiger partial charge in [0, 0.05) is 36.1 Å². The van der Waals surface area contributed by atoms with Gasteiger partial charge < -0.3 is 20.3 Å². The summed E-state index contributed by atoms with van der Waals surface area (Å²) in [6, 6.07) is 8.38. The number of carbonyl (C=O) groups excluding carboxylic acids is 1. The summed E-state index contributed by atoms with van der Waals surface area (Å²) in [6.45, 7) is 2.15. The lowest BCUT2D eigenvalue weighted by atomic mass is 10.2. The van der Waals surface area contributed by atoms with Crippen LogP contribution in [-0.4, -0.2) is 49.2 Å². The molecular formula is C20H20ClN7O3. The van der Waals surface area contributed by atoms with Gasteiger partial charge in [0.15, 0.2) is 0 Å². The van der Waals surface area contributed by atoms with Gasteiger partial charge in [0.25, 0.3) is 0 Å². The van der Waals surface area contributed by atoms with Crippen LogP contribution < -0.4 is 15.5 Å². The summed E-state index contributed by atoms with van der Waals surface area (Å²) in [7, 11) is 0. The van der Waals surface area contributed by atoms with Crippen molar-refractivity contribution < 1.29 is 14.7 Å². The highest BCUT2D eigenvalue weighted by atomic mass is 35.5. The largest absolute Gasteiger partial charge is 0.465 e. The second-order valence-electron chi connectivity index (χ2n) is 7.14. The van der Waals surface area contributed by atoms with Crippen molar-refractivity contribution in [1.29, 1.82) is 0 Å². The number of anilines is 2. The minimum absolute atomic E-state index is 0.0948. The molecule has 1 aromatic carbocycles. The molecule has 2 aromatic heterocycles. The first-order valence-electron chi connectivity index (χ1n) is 9.58. The van der Waals surface area contributed by atoms with Gasteiger partial charge in [-0.25, -0.2) is 14.8 Å². The summed E-state index contributed by atoms with van der Waals surface area (Å²) in [5.41, 5.74) is 1.72. The first-order valence-corrected chi connectivity index (χ1v) is 9.96. The maximum atomic E-state index is 12.3. The first-order chi connectivity index (χ1) is 14.9. The molecule has 11 heteroatoms. The number of rotatable bonds is 6. The molecule has 0 aliphatic carbocycles. The fraction of sp³-hybridized carbons (Fsp3) is 0.250. The van der Waals surface area contributed by atoms with Crippen LogP contribution in [0, 0.1) is 0 Å². The van der Waals surface area contributed by atoms with Crippen LogP contribution in [0.15, 0.2) is 49.1 Å². The third kappa shape index (κ3) is 4.75. The topological polar surface area (TPSA) is 125 Å². The highest BCUT2D eigenvalue weighted by Gasteiger charge is 2.32. The Morgan fingerprint density at radius 2 is 2.03 bits per heavy atom. The molecule has 31 heavy (non-hydrogen) atoms. The predicted octanol–water partition coefficient (Wildman–Crippen LogP) is 2.86. The van der Waals surface area contributed by atoms with Gasteiger partial charge >= 0.3 is 6.09 Å². The molecule has 1 fully saturated rings. The Labute approximate surface area is 182 Å². The van der Waals surface area contributed by atoms with E-state index in [9.17, 15) is 9.59 Å². The van der Waals surface area contributed by atoms with E-state index in [2.05, 4.69) is 25.6 Å². The molecule has 160 valence electrons. The highest BCUT2D eigenvalue weighted by Crippen LogP contribution is 2.22. The van der Waals surface area contributed by atoms with Crippen LogP contribution in [0.1, 0.15) is 25.1 Å². The number of benzene rings is 1. The standard InChI is InChI=1S/C20H20ClN7O3/c1-12(16-10-27(11-23-16)15-4-2-13(21)3-5-15)24-19-22-7-6-17(26-19)28-9-14(8-18(28)29)25-20(30)31/h2-7,10-12,14,25H,8-9H2,1H3,(H,30,31)(H,22,24,26)/t12-,14-/m0/s1. The number of halogens is 1. The van der Waals surface area contributed by atoms with Gasteiger partial charge in [-0.15, -0.1) is 0 Å². The molecule has 2 amide bonds. The smallest absolute Gasteiger partial charge is 0.404 e. The van der Waals surface area contributed by atoms with Crippen LogP contribution in [0.2, 0.25) is 5.02 Å². The number of carboxylic acid groups (broad SMARTS) is 1. The van der Waals surface area contributed by atoms with Crippen molar-refractivity contribution >= 4 is 35.4 Å². The molecule has 1 saturated heterocycles. The molecule has 10 nitrogen and oxygen atoms in total. The molecule has 0 saturated carbocycles. The van der Waals surface area contributed by atoms with Gasteiger partial charge in [-0.2, -0.15) is 4.98 Å². The molecule has 2 atom stereocenters. The van der Waals surface area contributed by atoms with E-state index in [0.29, 0.717) is 16.8 Å². The first kappa shape index (κ1) is 20.6. The Balaban J connectivity index is 1.45. The Bertz CT molecular complexity index is 1100. The van der Waals surface area contributed by atoms with Gasteiger partial charge in [0.1, 0.15) is 5.82 Å². The van der Waals surface area contributed by atoms with Crippen LogP contribution in [0.3, 0.4) is 0 Å². The molecule has 3 N–H and O–H groups in total. The van der Waals surface area contributed by atoms with Crippen LogP contribution >= 0.6 is 11.6 Å². The number of hydrogen-bond acceptors (Lipinski definition) is 6. The lowest BCUT2D eigenvalue weighted by molar-refractivity contribution is -0.117. The number of imidazole rings is 1. The second kappa shape index (κ2) is 8.60. The average Bonchev–Trinajstić information content (AvgIpc) is 3.35. The molecule has 0 spiro atoms. The Kier molecular flexibility index (Phi) is 5.72. The quantitative estimate of drug-likeness (QED) is 0.537. The molecule has 0 unspecified atom stereocenters. The van der Waals surface area contributed by atoms with Crippen LogP contribution in [0.5, 0.6) is 0 Å². The monoisotopic (exact) mass is 441 g/mol. The van der Waals surface area contributed by atoms with E-state index in [0.717, 1.165) is 11.4 Å². The second-order valence-corrected chi connectivity index (χ2v) is 7.58. The molecule has 0 radical (unpaired) electrons. The van der Waals surface area contributed by atoms with Crippen molar-refractivity contribution in [2.24, 2.45) is 0 Å². The van der Waals surface area contributed by atoms with Crippen molar-refractivity contribution in [3.05, 3.63) is 59.8 Å². The molecule has 3 heterocycles. The number of amides is 2. The number of carbonyl (C=O) groups is 2. The fourth-order valence-corrected chi connectivity index (χ4v) is 3.48. The Hall–Kier alpha value is -3.66. The Morgan fingerprint density at radius 3 is 2.77 bits per heavy atom. The summed E-state index contributed by atoms with van der Waals surface area (Å²) >= 11 is 5.94. The van der Waals surface area contributed by atoms with Crippen molar-refractivity contribution in [2.75, 3.05) is 16.8 Å². The van der Waals surface area contributed by atoms with Gasteiger partial charge in [0.05, 0.1) is 24.1 Å². The van der Waals surface area contributed by atoms with Crippen molar-refractivity contribution in [1.82, 2.24) is 24.8 Å². The van der Waals surface area contributed by atoms with Crippen molar-refractivity contribution in [3.63, 3.8) is 0 Å². The molecule has 4 rings (SSSR count). The fourth-order valence-electron chi connectivity index (χ4n) is 3.35. The van der Waals surface area contributed by atoms with Gasteiger partial charge in [0.2, 0.25) is 11.9 Å². The molecule has 1 aliphatic heterocycles. The lowest BCUT2D eigenvalue weighted by Crippen LogP contribution is -2.36. The van der Waals surface area contributed by atoms with E-state index in [-0.39, 0.29) is 24.9 Å². The summed E-state index contributed by atoms with van der Waals surface area (Å²) in [4.78, 5) is 37.6. The van der Waals surface area contributed by atoms with E-state index in [1.165, 1.54) is 4.90 Å². The summed E-state index contributed by atoms with van der Waals surface area (Å²) in [5, 5.41) is 15.1. The maximum Gasteiger partial charge on any atom is 0.404 e. The molecule has 0 bridgehead atoms. The minimum atomic E-state index is -1.16.